The Morgan fingerprint density at radius 2 is 2.00 bits per heavy atom. The van der Waals surface area contributed by atoms with Gasteiger partial charge in [0.25, 0.3) is 5.69 Å². The number of hydrogen-bond donors (Lipinski definition) is 1. The smallest absolute Gasteiger partial charge is 0.294 e. The van der Waals surface area contributed by atoms with Crippen LogP contribution in [0.4, 0.5) is 15.8 Å². The zero-order valence-electron chi connectivity index (χ0n) is 12.6. The van der Waals surface area contributed by atoms with Gasteiger partial charge >= 0.3 is 0 Å². The van der Waals surface area contributed by atoms with Crippen LogP contribution in [0.25, 0.3) is 0 Å². The first-order chi connectivity index (χ1) is 11.5. The van der Waals surface area contributed by atoms with Crippen LogP contribution in [-0.2, 0) is 0 Å². The largest absolute Gasteiger partial charge is 0.372 e. The Balaban J connectivity index is 1.86. The zero-order valence-corrected chi connectivity index (χ0v) is 13.3. The molecule has 0 fully saturated rings. The second kappa shape index (κ2) is 5.60. The SMILES string of the molecule is O=[N+]([O-])c1cc(Cl)cc2c1N[C@@H](c1ccc(F)cc1)[C@H]1CC=C[C@@H]21. The van der Waals surface area contributed by atoms with Gasteiger partial charge in [0.1, 0.15) is 11.5 Å². The summed E-state index contributed by atoms with van der Waals surface area (Å²) in [6.07, 6.45) is 5.04. The molecule has 2 aliphatic rings. The fraction of sp³-hybridized carbons (Fsp3) is 0.222. The van der Waals surface area contributed by atoms with Gasteiger partial charge in [-0.2, -0.15) is 0 Å². The molecule has 122 valence electrons. The van der Waals surface area contributed by atoms with E-state index in [4.69, 9.17) is 11.6 Å². The first kappa shape index (κ1) is 15.1. The molecule has 0 spiro atoms. The molecule has 24 heavy (non-hydrogen) atoms. The lowest BCUT2D eigenvalue weighted by molar-refractivity contribution is -0.384. The van der Waals surface area contributed by atoms with Crippen LogP contribution in [0.3, 0.4) is 0 Å². The average Bonchev–Trinajstić information content (AvgIpc) is 3.04. The summed E-state index contributed by atoms with van der Waals surface area (Å²) in [5.74, 6) is -0.0106. The van der Waals surface area contributed by atoms with E-state index in [0.29, 0.717) is 10.7 Å². The highest BCUT2D eigenvalue weighted by Crippen LogP contribution is 2.52. The van der Waals surface area contributed by atoms with Crippen molar-refractivity contribution < 1.29 is 9.31 Å². The maximum Gasteiger partial charge on any atom is 0.294 e. The number of nitrogens with one attached hydrogen (secondary N) is 1. The normalized spacial score (nSPS) is 24.2. The second-order valence-electron chi connectivity index (χ2n) is 6.17. The zero-order chi connectivity index (χ0) is 16.8. The maximum atomic E-state index is 13.2. The van der Waals surface area contributed by atoms with E-state index in [0.717, 1.165) is 17.5 Å². The minimum atomic E-state index is -0.418. The summed E-state index contributed by atoms with van der Waals surface area (Å²) >= 11 is 6.09. The van der Waals surface area contributed by atoms with Gasteiger partial charge in [-0.3, -0.25) is 10.1 Å². The van der Waals surface area contributed by atoms with Gasteiger partial charge in [0.05, 0.1) is 11.0 Å². The van der Waals surface area contributed by atoms with Gasteiger partial charge in [-0.1, -0.05) is 35.9 Å². The van der Waals surface area contributed by atoms with Crippen LogP contribution >= 0.6 is 11.6 Å². The number of anilines is 1. The van der Waals surface area contributed by atoms with Crippen molar-refractivity contribution in [3.63, 3.8) is 0 Å². The van der Waals surface area contributed by atoms with Crippen LogP contribution < -0.4 is 5.32 Å². The van der Waals surface area contributed by atoms with Crippen molar-refractivity contribution in [1.82, 2.24) is 0 Å². The van der Waals surface area contributed by atoms with E-state index in [1.807, 2.05) is 0 Å². The Hall–Kier alpha value is -2.40. The molecule has 1 N–H and O–H groups in total. The quantitative estimate of drug-likeness (QED) is 0.462. The van der Waals surface area contributed by atoms with Gasteiger partial charge in [0, 0.05) is 17.0 Å². The standard InChI is InChI=1S/C18H14ClFN2O2/c19-11-8-15-13-2-1-3-14(13)17(10-4-6-12(20)7-5-10)21-18(15)16(9-11)22(23)24/h1-2,4-9,13-14,17,21H,3H2/t13-,14+,17+/m1/s1. The van der Waals surface area contributed by atoms with Crippen molar-refractivity contribution in [2.45, 2.75) is 18.4 Å². The van der Waals surface area contributed by atoms with E-state index in [-0.39, 0.29) is 29.4 Å². The molecule has 2 aromatic rings. The van der Waals surface area contributed by atoms with Crippen LogP contribution in [0.2, 0.25) is 5.02 Å². The first-order valence-corrected chi connectivity index (χ1v) is 8.09. The van der Waals surface area contributed by atoms with Crippen molar-refractivity contribution in [2.75, 3.05) is 5.32 Å². The van der Waals surface area contributed by atoms with Crippen LogP contribution in [-0.4, -0.2) is 4.92 Å². The van der Waals surface area contributed by atoms with Crippen molar-refractivity contribution in [3.8, 4) is 0 Å². The van der Waals surface area contributed by atoms with E-state index in [9.17, 15) is 14.5 Å². The molecule has 0 aromatic heterocycles. The van der Waals surface area contributed by atoms with Gasteiger partial charge in [-0.25, -0.2) is 4.39 Å². The third-order valence-electron chi connectivity index (χ3n) is 4.84. The Labute approximate surface area is 143 Å². The van der Waals surface area contributed by atoms with Crippen molar-refractivity contribution >= 4 is 23.0 Å². The number of nitro benzene ring substituents is 1. The lowest BCUT2D eigenvalue weighted by Gasteiger charge is -2.37. The van der Waals surface area contributed by atoms with Gasteiger partial charge < -0.3 is 5.32 Å². The molecule has 0 amide bonds. The van der Waals surface area contributed by atoms with Crippen LogP contribution in [0.15, 0.2) is 48.6 Å². The molecule has 3 atom stereocenters. The molecule has 2 aromatic carbocycles. The van der Waals surface area contributed by atoms with Gasteiger partial charge in [-0.05, 0) is 41.7 Å². The Bertz CT molecular complexity index is 851. The summed E-state index contributed by atoms with van der Waals surface area (Å²) in [7, 11) is 0. The molecule has 4 nitrogen and oxygen atoms in total. The molecule has 1 aliphatic carbocycles. The van der Waals surface area contributed by atoms with Crippen molar-refractivity contribution in [2.24, 2.45) is 5.92 Å². The molecule has 4 rings (SSSR count). The van der Waals surface area contributed by atoms with Gasteiger partial charge in [0.2, 0.25) is 0 Å². The molecule has 0 bridgehead atoms. The maximum absolute atomic E-state index is 13.2. The number of nitro groups is 1. The van der Waals surface area contributed by atoms with Gasteiger partial charge in [0.15, 0.2) is 0 Å². The van der Waals surface area contributed by atoms with E-state index in [2.05, 4.69) is 17.5 Å². The number of fused-ring (bicyclic) bond motifs is 3. The highest BCUT2D eigenvalue weighted by molar-refractivity contribution is 6.31. The summed E-state index contributed by atoms with van der Waals surface area (Å²) < 4.78 is 13.2. The summed E-state index contributed by atoms with van der Waals surface area (Å²) in [5, 5.41) is 15.1. The van der Waals surface area contributed by atoms with Crippen LogP contribution in [0.5, 0.6) is 0 Å². The highest BCUT2D eigenvalue weighted by Gasteiger charge is 2.40. The Kier molecular flexibility index (Phi) is 3.53. The van der Waals surface area contributed by atoms with E-state index in [1.54, 1.807) is 18.2 Å². The summed E-state index contributed by atoms with van der Waals surface area (Å²) in [5.41, 5.74) is 2.26. The molecule has 6 heteroatoms. The third kappa shape index (κ3) is 2.36. The number of rotatable bonds is 2. The molecule has 0 radical (unpaired) electrons. The molecule has 1 heterocycles. The summed E-state index contributed by atoms with van der Waals surface area (Å²) in [4.78, 5) is 11.0. The predicted octanol–water partition coefficient (Wildman–Crippen LogP) is 5.21. The summed E-state index contributed by atoms with van der Waals surface area (Å²) in [6, 6.07) is 9.35. The van der Waals surface area contributed by atoms with Crippen LogP contribution in [0, 0.1) is 21.8 Å². The Morgan fingerprint density at radius 1 is 1.25 bits per heavy atom. The number of benzene rings is 2. The molecule has 0 unspecified atom stereocenters. The van der Waals surface area contributed by atoms with E-state index < -0.39 is 4.92 Å². The number of hydrogen-bond acceptors (Lipinski definition) is 3. The lowest BCUT2D eigenvalue weighted by Crippen LogP contribution is -2.29. The minimum absolute atomic E-state index is 0.0247. The molecule has 0 saturated heterocycles. The molecule has 0 saturated carbocycles. The lowest BCUT2D eigenvalue weighted by atomic mass is 9.77. The highest BCUT2D eigenvalue weighted by atomic mass is 35.5. The Morgan fingerprint density at radius 3 is 2.71 bits per heavy atom. The fourth-order valence-electron chi connectivity index (χ4n) is 3.79. The minimum Gasteiger partial charge on any atom is -0.372 e. The first-order valence-electron chi connectivity index (χ1n) is 7.71. The van der Waals surface area contributed by atoms with E-state index in [1.165, 1.54) is 18.2 Å². The van der Waals surface area contributed by atoms with Gasteiger partial charge in [-0.15, -0.1) is 0 Å². The summed E-state index contributed by atoms with van der Waals surface area (Å²) in [6.45, 7) is 0. The molecular weight excluding hydrogens is 331 g/mol. The second-order valence-corrected chi connectivity index (χ2v) is 6.61. The fourth-order valence-corrected chi connectivity index (χ4v) is 4.01. The third-order valence-corrected chi connectivity index (χ3v) is 5.06. The van der Waals surface area contributed by atoms with Crippen molar-refractivity contribution in [1.29, 1.82) is 0 Å². The predicted molar refractivity (Wildman–Crippen MR) is 90.9 cm³/mol. The van der Waals surface area contributed by atoms with Crippen molar-refractivity contribution in [3.05, 3.63) is 80.6 Å². The topological polar surface area (TPSA) is 55.2 Å². The monoisotopic (exact) mass is 344 g/mol. The number of halogens is 2. The number of allylic oxidation sites excluding steroid dienone is 2. The van der Waals surface area contributed by atoms with E-state index >= 15 is 0 Å². The average molecular weight is 345 g/mol. The van der Waals surface area contributed by atoms with Crippen LogP contribution in [0.1, 0.15) is 29.5 Å². The molecular formula is C18H14ClFN2O2. The number of nitrogens with zero attached hydrogens (tertiary/aromatic N) is 1. The molecule has 1 aliphatic heterocycles.